The van der Waals surface area contributed by atoms with Crippen molar-refractivity contribution in [3.05, 3.63) is 40.9 Å². The highest BCUT2D eigenvalue weighted by atomic mass is 35.5. The predicted molar refractivity (Wildman–Crippen MR) is 68.9 cm³/mol. The second-order valence-electron chi connectivity index (χ2n) is 3.55. The van der Waals surface area contributed by atoms with Gasteiger partial charge in [-0.15, -0.1) is 0 Å². The Kier molecular flexibility index (Phi) is 5.98. The minimum atomic E-state index is 0.528. The van der Waals surface area contributed by atoms with E-state index in [0.717, 1.165) is 24.2 Å². The molecule has 0 unspecified atom stereocenters. The van der Waals surface area contributed by atoms with Crippen LogP contribution in [-0.4, -0.2) is 13.2 Å². The second kappa shape index (κ2) is 7.31. The molecule has 0 saturated carbocycles. The van der Waals surface area contributed by atoms with E-state index in [4.69, 9.17) is 22.1 Å². The Bertz CT molecular complexity index is 332. The van der Waals surface area contributed by atoms with E-state index in [1.165, 1.54) is 5.56 Å². The van der Waals surface area contributed by atoms with Crippen molar-refractivity contribution in [1.82, 2.24) is 0 Å². The molecule has 2 nitrogen and oxygen atoms in total. The van der Waals surface area contributed by atoms with E-state index in [1.807, 2.05) is 19.1 Å². The minimum absolute atomic E-state index is 0.528. The zero-order chi connectivity index (χ0) is 11.8. The highest BCUT2D eigenvalue weighted by Gasteiger charge is 1.98. The van der Waals surface area contributed by atoms with Crippen LogP contribution in [0.25, 0.3) is 0 Å². The smallest absolute Gasteiger partial charge is 0.119 e. The molecule has 2 N–H and O–H groups in total. The lowest BCUT2D eigenvalue weighted by Crippen LogP contribution is -2.03. The maximum atomic E-state index is 5.64. The van der Waals surface area contributed by atoms with Crippen molar-refractivity contribution >= 4 is 11.6 Å². The average Bonchev–Trinajstić information content (AvgIpc) is 2.33. The van der Waals surface area contributed by atoms with Gasteiger partial charge in [-0.2, -0.15) is 0 Å². The predicted octanol–water partition coefficient (Wildman–Crippen LogP) is 3.10. The molecule has 0 bridgehead atoms. The van der Waals surface area contributed by atoms with Crippen LogP contribution in [0.2, 0.25) is 0 Å². The first-order valence-corrected chi connectivity index (χ1v) is 5.93. The molecule has 1 rings (SSSR count). The Morgan fingerprint density at radius 3 is 2.56 bits per heavy atom. The van der Waals surface area contributed by atoms with Gasteiger partial charge in [0.25, 0.3) is 0 Å². The van der Waals surface area contributed by atoms with E-state index < -0.39 is 0 Å². The van der Waals surface area contributed by atoms with Crippen LogP contribution in [0.4, 0.5) is 0 Å². The molecule has 0 atom stereocenters. The van der Waals surface area contributed by atoms with Crippen LogP contribution in [0, 0.1) is 0 Å². The average molecular weight is 240 g/mol. The van der Waals surface area contributed by atoms with Crippen LogP contribution in [0.15, 0.2) is 35.4 Å². The fourth-order valence-electron chi connectivity index (χ4n) is 1.43. The lowest BCUT2D eigenvalue weighted by Gasteiger charge is -2.06. The number of aryl methyl sites for hydroxylation is 1. The molecular formula is C13H18ClNO. The maximum Gasteiger partial charge on any atom is 0.119 e. The maximum absolute atomic E-state index is 5.64. The van der Waals surface area contributed by atoms with Crippen molar-refractivity contribution in [3.63, 3.8) is 0 Å². The first-order chi connectivity index (χ1) is 7.80. The Morgan fingerprint density at radius 2 is 2.06 bits per heavy atom. The number of hydrogen-bond acceptors (Lipinski definition) is 2. The first kappa shape index (κ1) is 13.1. The third-order valence-corrected chi connectivity index (χ3v) is 2.69. The third kappa shape index (κ3) is 4.25. The van der Waals surface area contributed by atoms with Gasteiger partial charge in [0.15, 0.2) is 0 Å². The van der Waals surface area contributed by atoms with Crippen LogP contribution < -0.4 is 10.5 Å². The Labute approximate surface area is 102 Å². The molecule has 0 aliphatic heterocycles. The van der Waals surface area contributed by atoms with Crippen molar-refractivity contribution in [2.75, 3.05) is 13.2 Å². The Balaban J connectivity index is 2.49. The summed E-state index contributed by atoms with van der Waals surface area (Å²) in [5.41, 5.74) is 9.47. The van der Waals surface area contributed by atoms with E-state index in [2.05, 4.69) is 12.1 Å². The quantitative estimate of drug-likeness (QED) is 0.828. The van der Waals surface area contributed by atoms with Crippen molar-refractivity contribution in [1.29, 1.82) is 0 Å². The zero-order valence-electron chi connectivity index (χ0n) is 9.58. The van der Waals surface area contributed by atoms with E-state index in [1.54, 1.807) is 5.54 Å². The van der Waals surface area contributed by atoms with Crippen molar-refractivity contribution in [3.8, 4) is 5.75 Å². The van der Waals surface area contributed by atoms with E-state index in [0.29, 0.717) is 13.2 Å². The third-order valence-electron chi connectivity index (χ3n) is 2.39. The van der Waals surface area contributed by atoms with Crippen LogP contribution in [0.5, 0.6) is 5.75 Å². The van der Waals surface area contributed by atoms with Gasteiger partial charge in [0, 0.05) is 12.1 Å². The Hall–Kier alpha value is -0.990. The minimum Gasteiger partial charge on any atom is -0.494 e. The summed E-state index contributed by atoms with van der Waals surface area (Å²) in [4.78, 5) is 0. The zero-order valence-corrected chi connectivity index (χ0v) is 10.3. The van der Waals surface area contributed by atoms with Crippen molar-refractivity contribution in [2.45, 2.75) is 19.8 Å². The van der Waals surface area contributed by atoms with Gasteiger partial charge in [0.2, 0.25) is 0 Å². The van der Waals surface area contributed by atoms with Gasteiger partial charge in [0.1, 0.15) is 5.75 Å². The number of benzene rings is 1. The monoisotopic (exact) mass is 239 g/mol. The van der Waals surface area contributed by atoms with E-state index >= 15 is 0 Å². The fraction of sp³-hybridized carbons (Fsp3) is 0.385. The molecule has 0 aliphatic carbocycles. The van der Waals surface area contributed by atoms with Crippen LogP contribution >= 0.6 is 11.6 Å². The second-order valence-corrected chi connectivity index (χ2v) is 3.77. The number of halogens is 1. The molecule has 88 valence electrons. The van der Waals surface area contributed by atoms with Gasteiger partial charge in [-0.1, -0.05) is 23.7 Å². The molecule has 0 radical (unpaired) electrons. The Morgan fingerprint density at radius 1 is 1.38 bits per heavy atom. The number of nitrogens with two attached hydrogens (primary N) is 1. The van der Waals surface area contributed by atoms with E-state index in [-0.39, 0.29) is 0 Å². The van der Waals surface area contributed by atoms with Gasteiger partial charge in [-0.25, -0.2) is 0 Å². The molecule has 0 aromatic heterocycles. The summed E-state index contributed by atoms with van der Waals surface area (Å²) in [7, 11) is 0. The molecule has 3 heteroatoms. The molecule has 0 amide bonds. The number of ether oxygens (including phenoxy) is 1. The van der Waals surface area contributed by atoms with Crippen LogP contribution in [0.1, 0.15) is 18.9 Å². The van der Waals surface area contributed by atoms with Crippen LogP contribution in [0.3, 0.4) is 0 Å². The summed E-state index contributed by atoms with van der Waals surface area (Å²) < 4.78 is 5.38. The molecule has 0 spiro atoms. The number of rotatable bonds is 6. The summed E-state index contributed by atoms with van der Waals surface area (Å²) in [5.74, 6) is 0.915. The molecule has 1 aromatic carbocycles. The molecule has 0 aliphatic rings. The normalized spacial score (nSPS) is 11.6. The molecular weight excluding hydrogens is 222 g/mol. The van der Waals surface area contributed by atoms with Crippen molar-refractivity contribution < 1.29 is 4.74 Å². The lowest BCUT2D eigenvalue weighted by molar-refractivity contribution is 0.340. The molecule has 16 heavy (non-hydrogen) atoms. The largest absolute Gasteiger partial charge is 0.494 e. The topological polar surface area (TPSA) is 35.2 Å². The molecule has 0 heterocycles. The highest BCUT2D eigenvalue weighted by molar-refractivity contribution is 6.25. The van der Waals surface area contributed by atoms with Gasteiger partial charge in [0.05, 0.1) is 6.61 Å². The highest BCUT2D eigenvalue weighted by Crippen LogP contribution is 2.15. The summed E-state index contributed by atoms with van der Waals surface area (Å²) in [6.07, 6.45) is 1.87. The molecule has 0 saturated heterocycles. The van der Waals surface area contributed by atoms with Gasteiger partial charge in [-0.05, 0) is 43.0 Å². The summed E-state index contributed by atoms with van der Waals surface area (Å²) >= 11 is 5.64. The van der Waals surface area contributed by atoms with Gasteiger partial charge >= 0.3 is 0 Å². The van der Waals surface area contributed by atoms with Crippen molar-refractivity contribution in [2.24, 2.45) is 5.73 Å². The summed E-state index contributed by atoms with van der Waals surface area (Å²) in [6.45, 7) is 3.21. The standard InChI is InChI=1S/C13H18ClNO/c1-2-16-13-7-5-11(6-8-13)3-4-12(9-14)10-15/h5-9H,2-4,10,15H2,1H3/b12-9+. The molecule has 1 aromatic rings. The molecule has 0 fully saturated rings. The van der Waals surface area contributed by atoms with Crippen LogP contribution in [-0.2, 0) is 6.42 Å². The van der Waals surface area contributed by atoms with E-state index in [9.17, 15) is 0 Å². The SMILES string of the molecule is CCOc1ccc(CC/C(=C\Cl)CN)cc1. The van der Waals surface area contributed by atoms with Gasteiger partial charge in [-0.3, -0.25) is 0 Å². The first-order valence-electron chi connectivity index (χ1n) is 5.50. The summed E-state index contributed by atoms with van der Waals surface area (Å²) in [6, 6.07) is 8.14. The number of hydrogen-bond donors (Lipinski definition) is 1. The fourth-order valence-corrected chi connectivity index (χ4v) is 1.62. The lowest BCUT2D eigenvalue weighted by atomic mass is 10.1. The summed E-state index contributed by atoms with van der Waals surface area (Å²) in [5, 5.41) is 0. The van der Waals surface area contributed by atoms with Gasteiger partial charge < -0.3 is 10.5 Å².